The quantitative estimate of drug-likeness (QED) is 0.811. The first-order valence-corrected chi connectivity index (χ1v) is 8.14. The number of likely N-dealkylation sites (N-methyl/N-ethyl adjacent to an activating group) is 1. The second-order valence-corrected chi connectivity index (χ2v) is 6.18. The Morgan fingerprint density at radius 2 is 2.00 bits per heavy atom. The first-order chi connectivity index (χ1) is 11.4. The number of nitrogens with zero attached hydrogens (tertiary/aromatic N) is 3. The molecule has 1 aromatic heterocycles. The summed E-state index contributed by atoms with van der Waals surface area (Å²) in [5.74, 6) is -0.0969. The van der Waals surface area contributed by atoms with Crippen LogP contribution >= 0.6 is 0 Å². The molecule has 0 saturated heterocycles. The summed E-state index contributed by atoms with van der Waals surface area (Å²) >= 11 is 0. The molecular weight excluding hydrogens is 304 g/mol. The molecule has 2 aromatic rings. The van der Waals surface area contributed by atoms with Gasteiger partial charge in [0.25, 0.3) is 5.91 Å². The first-order valence-electron chi connectivity index (χ1n) is 8.14. The minimum Gasteiger partial charge on any atom is -0.395 e. The highest BCUT2D eigenvalue weighted by Gasteiger charge is 2.12. The van der Waals surface area contributed by atoms with E-state index in [0.717, 1.165) is 17.1 Å². The number of carbonyl (C=O) groups excluding carboxylic acids is 1. The third kappa shape index (κ3) is 4.58. The summed E-state index contributed by atoms with van der Waals surface area (Å²) in [5.41, 5.74) is 3.66. The Kier molecular flexibility index (Phi) is 5.98. The number of hydrogen-bond donors (Lipinski definition) is 2. The zero-order chi connectivity index (χ0) is 17.7. The minimum atomic E-state index is -0.0969. The standard InChI is InChI=1S/C18H26N4O2/c1-13-11-15(3)22(20-13)12-14(2)19-18(24)16-5-7-17(8-6-16)21(4)9-10-23/h5-8,11,14,23H,9-10,12H2,1-4H3,(H,19,24)/t14-/m0/s1. The zero-order valence-electron chi connectivity index (χ0n) is 14.8. The van der Waals surface area contributed by atoms with Crippen LogP contribution in [0.1, 0.15) is 28.7 Å². The van der Waals surface area contributed by atoms with Gasteiger partial charge in [0.05, 0.1) is 18.8 Å². The van der Waals surface area contributed by atoms with Gasteiger partial charge in [-0.1, -0.05) is 0 Å². The van der Waals surface area contributed by atoms with E-state index in [0.29, 0.717) is 18.7 Å². The fraction of sp³-hybridized carbons (Fsp3) is 0.444. The second kappa shape index (κ2) is 7.97. The molecule has 0 radical (unpaired) electrons. The van der Waals surface area contributed by atoms with Crippen molar-refractivity contribution in [2.45, 2.75) is 33.4 Å². The average Bonchev–Trinajstić information content (AvgIpc) is 2.85. The van der Waals surface area contributed by atoms with Gasteiger partial charge in [-0.2, -0.15) is 5.10 Å². The molecule has 1 heterocycles. The number of amides is 1. The topological polar surface area (TPSA) is 70.4 Å². The molecule has 0 fully saturated rings. The predicted octanol–water partition coefficient (Wildman–Crippen LogP) is 1.75. The van der Waals surface area contributed by atoms with Crippen molar-refractivity contribution in [3.05, 3.63) is 47.3 Å². The summed E-state index contributed by atoms with van der Waals surface area (Å²) in [6.07, 6.45) is 0. The summed E-state index contributed by atoms with van der Waals surface area (Å²) in [7, 11) is 1.90. The van der Waals surface area contributed by atoms with Gasteiger partial charge in [-0.3, -0.25) is 9.48 Å². The molecular formula is C18H26N4O2. The van der Waals surface area contributed by atoms with Gasteiger partial charge >= 0.3 is 0 Å². The molecule has 2 rings (SSSR count). The van der Waals surface area contributed by atoms with Gasteiger partial charge in [0.2, 0.25) is 0 Å². The molecule has 24 heavy (non-hydrogen) atoms. The highest BCUT2D eigenvalue weighted by Crippen LogP contribution is 2.13. The Labute approximate surface area is 143 Å². The molecule has 0 bridgehead atoms. The van der Waals surface area contributed by atoms with Crippen LogP contribution in [0, 0.1) is 13.8 Å². The van der Waals surface area contributed by atoms with Gasteiger partial charge < -0.3 is 15.3 Å². The summed E-state index contributed by atoms with van der Waals surface area (Å²) in [4.78, 5) is 14.3. The normalized spacial score (nSPS) is 12.0. The van der Waals surface area contributed by atoms with Crippen molar-refractivity contribution >= 4 is 11.6 Å². The summed E-state index contributed by atoms with van der Waals surface area (Å²) in [5, 5.41) is 16.4. The van der Waals surface area contributed by atoms with Crippen LogP contribution in [0.5, 0.6) is 0 Å². The van der Waals surface area contributed by atoms with Crippen LogP contribution in [0.15, 0.2) is 30.3 Å². The number of hydrogen-bond acceptors (Lipinski definition) is 4. The number of aromatic nitrogens is 2. The lowest BCUT2D eigenvalue weighted by Crippen LogP contribution is -2.36. The molecule has 0 aliphatic rings. The Hall–Kier alpha value is -2.34. The zero-order valence-corrected chi connectivity index (χ0v) is 14.8. The number of carbonyl (C=O) groups is 1. The molecule has 0 saturated carbocycles. The Bertz CT molecular complexity index is 679. The van der Waals surface area contributed by atoms with Crippen molar-refractivity contribution in [1.29, 1.82) is 0 Å². The highest BCUT2D eigenvalue weighted by molar-refractivity contribution is 5.94. The van der Waals surface area contributed by atoms with Crippen LogP contribution in [0.4, 0.5) is 5.69 Å². The van der Waals surface area contributed by atoms with Crippen LogP contribution in [0.3, 0.4) is 0 Å². The lowest BCUT2D eigenvalue weighted by molar-refractivity contribution is 0.0936. The number of rotatable bonds is 7. The monoisotopic (exact) mass is 330 g/mol. The third-order valence-corrected chi connectivity index (χ3v) is 3.93. The maximum absolute atomic E-state index is 12.3. The van der Waals surface area contributed by atoms with Gasteiger partial charge in [-0.05, 0) is 51.1 Å². The van der Waals surface area contributed by atoms with Crippen LogP contribution in [-0.2, 0) is 6.54 Å². The van der Waals surface area contributed by atoms with Crippen molar-refractivity contribution in [2.24, 2.45) is 0 Å². The number of aliphatic hydroxyl groups excluding tert-OH is 1. The van der Waals surface area contributed by atoms with E-state index in [-0.39, 0.29) is 18.6 Å². The largest absolute Gasteiger partial charge is 0.395 e. The molecule has 6 nitrogen and oxygen atoms in total. The van der Waals surface area contributed by atoms with E-state index in [4.69, 9.17) is 5.11 Å². The smallest absolute Gasteiger partial charge is 0.251 e. The number of benzene rings is 1. The fourth-order valence-corrected chi connectivity index (χ4v) is 2.62. The summed E-state index contributed by atoms with van der Waals surface area (Å²) in [6, 6.07) is 9.37. The molecule has 130 valence electrons. The number of nitrogens with one attached hydrogen (secondary N) is 1. The van der Waals surface area contributed by atoms with Crippen molar-refractivity contribution in [1.82, 2.24) is 15.1 Å². The lowest BCUT2D eigenvalue weighted by Gasteiger charge is -2.18. The molecule has 1 atom stereocenters. The summed E-state index contributed by atoms with van der Waals surface area (Å²) in [6.45, 7) is 7.24. The Morgan fingerprint density at radius 3 is 2.54 bits per heavy atom. The van der Waals surface area contributed by atoms with E-state index in [1.807, 2.05) is 55.6 Å². The molecule has 1 amide bonds. The number of aliphatic hydroxyl groups is 1. The highest BCUT2D eigenvalue weighted by atomic mass is 16.3. The van der Waals surface area contributed by atoms with Crippen LogP contribution in [-0.4, -0.2) is 47.0 Å². The van der Waals surface area contributed by atoms with Gasteiger partial charge in [0.1, 0.15) is 0 Å². The lowest BCUT2D eigenvalue weighted by atomic mass is 10.1. The fourth-order valence-electron chi connectivity index (χ4n) is 2.62. The maximum Gasteiger partial charge on any atom is 0.251 e. The van der Waals surface area contributed by atoms with E-state index in [1.54, 1.807) is 12.1 Å². The van der Waals surface area contributed by atoms with Crippen molar-refractivity contribution in [2.75, 3.05) is 25.1 Å². The van der Waals surface area contributed by atoms with Crippen LogP contribution in [0.25, 0.3) is 0 Å². The minimum absolute atomic E-state index is 0.0211. The Morgan fingerprint density at radius 1 is 1.33 bits per heavy atom. The molecule has 2 N–H and O–H groups in total. The van der Waals surface area contributed by atoms with E-state index < -0.39 is 0 Å². The van der Waals surface area contributed by atoms with E-state index in [9.17, 15) is 4.79 Å². The van der Waals surface area contributed by atoms with Crippen molar-refractivity contribution < 1.29 is 9.90 Å². The van der Waals surface area contributed by atoms with Gasteiger partial charge in [0.15, 0.2) is 0 Å². The van der Waals surface area contributed by atoms with E-state index >= 15 is 0 Å². The first kappa shape index (κ1) is 18.0. The maximum atomic E-state index is 12.3. The molecule has 0 unspecified atom stereocenters. The second-order valence-electron chi connectivity index (χ2n) is 6.18. The number of anilines is 1. The molecule has 1 aromatic carbocycles. The van der Waals surface area contributed by atoms with Crippen molar-refractivity contribution in [3.8, 4) is 0 Å². The average molecular weight is 330 g/mol. The third-order valence-electron chi connectivity index (χ3n) is 3.93. The predicted molar refractivity (Wildman–Crippen MR) is 95.4 cm³/mol. The summed E-state index contributed by atoms with van der Waals surface area (Å²) < 4.78 is 1.91. The van der Waals surface area contributed by atoms with Gasteiger partial charge in [-0.15, -0.1) is 0 Å². The Balaban J connectivity index is 1.95. The van der Waals surface area contributed by atoms with Gasteiger partial charge in [0, 0.05) is 36.6 Å². The van der Waals surface area contributed by atoms with Gasteiger partial charge in [-0.25, -0.2) is 0 Å². The molecule has 0 aliphatic heterocycles. The molecule has 0 spiro atoms. The van der Waals surface area contributed by atoms with Crippen LogP contribution in [0.2, 0.25) is 0 Å². The number of aryl methyl sites for hydroxylation is 2. The molecule has 0 aliphatic carbocycles. The van der Waals surface area contributed by atoms with Crippen LogP contribution < -0.4 is 10.2 Å². The van der Waals surface area contributed by atoms with Crippen molar-refractivity contribution in [3.63, 3.8) is 0 Å². The van der Waals surface area contributed by atoms with E-state index in [2.05, 4.69) is 10.4 Å². The molecule has 6 heteroatoms. The SMILES string of the molecule is Cc1cc(C)n(C[C@H](C)NC(=O)c2ccc(N(C)CCO)cc2)n1. The van der Waals surface area contributed by atoms with E-state index in [1.165, 1.54) is 0 Å².